The Labute approximate surface area is 163 Å². The Bertz CT molecular complexity index is 1010. The highest BCUT2D eigenvalue weighted by molar-refractivity contribution is 5.81. The van der Waals surface area contributed by atoms with Gasteiger partial charge in [-0.3, -0.25) is 0 Å². The van der Waals surface area contributed by atoms with E-state index in [0.29, 0.717) is 17.3 Å². The normalized spacial score (nSPS) is 10.6. The molecular weight excluding hydrogens is 352 g/mol. The number of nitrogens with one attached hydrogen (secondary N) is 1. The average Bonchev–Trinajstić information content (AvgIpc) is 3.21. The van der Waals surface area contributed by atoms with Gasteiger partial charge in [0.05, 0.1) is 25.6 Å². The Balaban J connectivity index is 1.92. The zero-order valence-electron chi connectivity index (χ0n) is 15.6. The molecule has 2 N–H and O–H groups in total. The summed E-state index contributed by atoms with van der Waals surface area (Å²) in [5.74, 6) is 1.28. The average molecular weight is 372 g/mol. The van der Waals surface area contributed by atoms with Crippen molar-refractivity contribution in [2.24, 2.45) is 0 Å². The first-order valence-electron chi connectivity index (χ1n) is 8.87. The minimum Gasteiger partial charge on any atom is -0.502 e. The van der Waals surface area contributed by atoms with E-state index in [0.717, 1.165) is 28.1 Å². The van der Waals surface area contributed by atoms with E-state index in [2.05, 4.69) is 4.98 Å². The molecule has 140 valence electrons. The van der Waals surface area contributed by atoms with Gasteiger partial charge in [-0.15, -0.1) is 0 Å². The molecule has 5 nitrogen and oxygen atoms in total. The van der Waals surface area contributed by atoms with Crippen molar-refractivity contribution in [3.63, 3.8) is 0 Å². The van der Waals surface area contributed by atoms with E-state index < -0.39 is 0 Å². The molecule has 28 heavy (non-hydrogen) atoms. The Morgan fingerprint density at radius 3 is 1.82 bits per heavy atom. The van der Waals surface area contributed by atoms with E-state index >= 15 is 0 Å². The number of aromatic amines is 1. The highest BCUT2D eigenvalue weighted by Gasteiger charge is 2.18. The van der Waals surface area contributed by atoms with Gasteiger partial charge in [0.2, 0.25) is 5.75 Å². The zero-order chi connectivity index (χ0) is 19.5. The van der Waals surface area contributed by atoms with Crippen molar-refractivity contribution >= 4 is 0 Å². The fourth-order valence-corrected chi connectivity index (χ4v) is 3.16. The van der Waals surface area contributed by atoms with Crippen LogP contribution in [0.25, 0.3) is 33.9 Å². The molecule has 5 heteroatoms. The third-order valence-electron chi connectivity index (χ3n) is 4.57. The summed E-state index contributed by atoms with van der Waals surface area (Å²) in [5, 5.41) is 10.2. The van der Waals surface area contributed by atoms with Gasteiger partial charge >= 0.3 is 0 Å². The molecule has 0 radical (unpaired) electrons. The number of hydrogen-bond donors (Lipinski definition) is 2. The summed E-state index contributed by atoms with van der Waals surface area (Å²) in [6.45, 7) is 0. The summed E-state index contributed by atoms with van der Waals surface area (Å²) in [7, 11) is 3.01. The molecule has 0 aliphatic rings. The largest absolute Gasteiger partial charge is 0.502 e. The van der Waals surface area contributed by atoms with Gasteiger partial charge in [0, 0.05) is 16.7 Å². The predicted molar refractivity (Wildman–Crippen MR) is 110 cm³/mol. The van der Waals surface area contributed by atoms with Gasteiger partial charge in [-0.1, -0.05) is 60.7 Å². The molecule has 0 aliphatic carbocycles. The van der Waals surface area contributed by atoms with Crippen LogP contribution in [0.15, 0.2) is 72.8 Å². The van der Waals surface area contributed by atoms with E-state index in [4.69, 9.17) is 14.5 Å². The highest BCUT2D eigenvalue weighted by Crippen LogP contribution is 2.41. The summed E-state index contributed by atoms with van der Waals surface area (Å²) in [6, 6.07) is 23.6. The number of benzene rings is 3. The van der Waals surface area contributed by atoms with Gasteiger partial charge < -0.3 is 19.6 Å². The van der Waals surface area contributed by atoms with Gasteiger partial charge in [0.15, 0.2) is 11.5 Å². The van der Waals surface area contributed by atoms with Crippen LogP contribution < -0.4 is 9.47 Å². The number of hydrogen-bond acceptors (Lipinski definition) is 4. The van der Waals surface area contributed by atoms with E-state index in [9.17, 15) is 5.11 Å². The number of nitrogens with zero attached hydrogens (tertiary/aromatic N) is 1. The second-order valence-corrected chi connectivity index (χ2v) is 6.27. The van der Waals surface area contributed by atoms with Gasteiger partial charge in [-0.05, 0) is 12.1 Å². The fourth-order valence-electron chi connectivity index (χ4n) is 3.16. The van der Waals surface area contributed by atoms with Crippen molar-refractivity contribution in [2.45, 2.75) is 0 Å². The number of aromatic nitrogens is 2. The number of ether oxygens (including phenoxy) is 2. The van der Waals surface area contributed by atoms with Crippen LogP contribution in [-0.4, -0.2) is 29.3 Å². The Morgan fingerprint density at radius 1 is 0.750 bits per heavy atom. The molecule has 1 aromatic heterocycles. The molecule has 0 unspecified atom stereocenters. The molecule has 4 aromatic rings. The molecule has 0 amide bonds. The number of phenolic OH excluding ortho intramolecular Hbond substituents is 1. The second-order valence-electron chi connectivity index (χ2n) is 6.27. The first-order valence-corrected chi connectivity index (χ1v) is 8.87. The maximum Gasteiger partial charge on any atom is 0.200 e. The number of rotatable bonds is 5. The summed E-state index contributed by atoms with van der Waals surface area (Å²) in [5.41, 5.74) is 4.59. The molecule has 4 rings (SSSR count). The van der Waals surface area contributed by atoms with E-state index in [-0.39, 0.29) is 5.75 Å². The molecule has 0 saturated heterocycles. The lowest BCUT2D eigenvalue weighted by Crippen LogP contribution is -1.91. The fraction of sp³-hybridized carbons (Fsp3) is 0.0870. The summed E-state index contributed by atoms with van der Waals surface area (Å²) >= 11 is 0. The van der Waals surface area contributed by atoms with Crippen molar-refractivity contribution in [3.8, 4) is 51.2 Å². The van der Waals surface area contributed by atoms with Crippen molar-refractivity contribution in [1.82, 2.24) is 9.97 Å². The number of H-pyrrole nitrogens is 1. The first kappa shape index (κ1) is 17.7. The minimum absolute atomic E-state index is 0.0353. The number of phenols is 1. The maximum absolute atomic E-state index is 10.2. The van der Waals surface area contributed by atoms with Crippen LogP contribution >= 0.6 is 0 Å². The van der Waals surface area contributed by atoms with Gasteiger partial charge in [-0.25, -0.2) is 4.98 Å². The van der Waals surface area contributed by atoms with Crippen molar-refractivity contribution in [2.75, 3.05) is 14.2 Å². The maximum atomic E-state index is 10.2. The van der Waals surface area contributed by atoms with Crippen LogP contribution in [0.5, 0.6) is 17.2 Å². The van der Waals surface area contributed by atoms with Crippen molar-refractivity contribution in [3.05, 3.63) is 72.8 Å². The topological polar surface area (TPSA) is 67.4 Å². The number of imidazole rings is 1. The lowest BCUT2D eigenvalue weighted by molar-refractivity contribution is 0.340. The van der Waals surface area contributed by atoms with Crippen LogP contribution in [-0.2, 0) is 0 Å². The second kappa shape index (κ2) is 7.48. The van der Waals surface area contributed by atoms with Crippen LogP contribution in [0.2, 0.25) is 0 Å². The minimum atomic E-state index is -0.0353. The number of methoxy groups -OCH3 is 2. The predicted octanol–water partition coefficient (Wildman–Crippen LogP) is 5.13. The van der Waals surface area contributed by atoms with Crippen LogP contribution in [0.1, 0.15) is 0 Å². The SMILES string of the molecule is COc1cc(-c2nc(-c3ccccc3)c(-c3ccccc3)[nH]2)cc(OC)c1O. The Hall–Kier alpha value is -3.73. The lowest BCUT2D eigenvalue weighted by atomic mass is 10.1. The molecule has 0 aliphatic heterocycles. The highest BCUT2D eigenvalue weighted by atomic mass is 16.5. The lowest BCUT2D eigenvalue weighted by Gasteiger charge is -2.10. The quantitative estimate of drug-likeness (QED) is 0.509. The standard InChI is InChI=1S/C23H20N2O3/c1-27-18-13-17(14-19(28-2)22(18)26)23-24-20(15-9-5-3-6-10-15)21(25-23)16-11-7-4-8-12-16/h3-14,26H,1-2H3,(H,24,25). The first-order chi connectivity index (χ1) is 13.7. The summed E-state index contributed by atoms with van der Waals surface area (Å²) in [6.07, 6.45) is 0. The van der Waals surface area contributed by atoms with Gasteiger partial charge in [0.1, 0.15) is 5.82 Å². The van der Waals surface area contributed by atoms with Crippen LogP contribution in [0, 0.1) is 0 Å². The summed E-state index contributed by atoms with van der Waals surface area (Å²) < 4.78 is 10.6. The van der Waals surface area contributed by atoms with Crippen LogP contribution in [0.4, 0.5) is 0 Å². The Kier molecular flexibility index (Phi) is 4.72. The molecule has 3 aromatic carbocycles. The molecule has 0 fully saturated rings. The Morgan fingerprint density at radius 2 is 1.29 bits per heavy atom. The molecule has 0 atom stereocenters. The molecule has 0 spiro atoms. The van der Waals surface area contributed by atoms with Gasteiger partial charge in [-0.2, -0.15) is 0 Å². The molecule has 0 saturated carbocycles. The monoisotopic (exact) mass is 372 g/mol. The molecular formula is C23H20N2O3. The molecule has 1 heterocycles. The van der Waals surface area contributed by atoms with E-state index in [1.807, 2.05) is 60.7 Å². The van der Waals surface area contributed by atoms with Crippen molar-refractivity contribution in [1.29, 1.82) is 0 Å². The van der Waals surface area contributed by atoms with E-state index in [1.54, 1.807) is 12.1 Å². The smallest absolute Gasteiger partial charge is 0.200 e. The third-order valence-corrected chi connectivity index (χ3v) is 4.57. The van der Waals surface area contributed by atoms with Crippen LogP contribution in [0.3, 0.4) is 0 Å². The van der Waals surface area contributed by atoms with E-state index in [1.165, 1.54) is 14.2 Å². The van der Waals surface area contributed by atoms with Gasteiger partial charge in [0.25, 0.3) is 0 Å². The zero-order valence-corrected chi connectivity index (χ0v) is 15.6. The summed E-state index contributed by atoms with van der Waals surface area (Å²) in [4.78, 5) is 8.29. The van der Waals surface area contributed by atoms with Crippen molar-refractivity contribution < 1.29 is 14.6 Å². The number of aromatic hydroxyl groups is 1. The molecule has 0 bridgehead atoms. The third kappa shape index (κ3) is 3.18.